The average molecular weight is 303 g/mol. The molecule has 3 heterocycles. The predicted molar refractivity (Wildman–Crippen MR) is 75.5 cm³/mol. The van der Waals surface area contributed by atoms with Crippen LogP contribution in [-0.2, 0) is 0 Å². The van der Waals surface area contributed by atoms with Gasteiger partial charge in [-0.25, -0.2) is 14.9 Å². The molecule has 2 fully saturated rings. The lowest BCUT2D eigenvalue weighted by molar-refractivity contribution is 0.0692. The van der Waals surface area contributed by atoms with Gasteiger partial charge in [0.1, 0.15) is 5.69 Å². The molecule has 1 N–H and O–H groups in total. The van der Waals surface area contributed by atoms with Gasteiger partial charge in [-0.1, -0.05) is 0 Å². The molecule has 1 saturated carbocycles. The van der Waals surface area contributed by atoms with Gasteiger partial charge >= 0.3 is 5.76 Å². The summed E-state index contributed by atoms with van der Waals surface area (Å²) in [5.41, 5.74) is 0.482. The normalized spacial score (nSPS) is 22.0. The van der Waals surface area contributed by atoms with Gasteiger partial charge in [-0.3, -0.25) is 4.79 Å². The molecule has 1 saturated heterocycles. The molecule has 1 aliphatic heterocycles. The third-order valence-corrected chi connectivity index (χ3v) is 4.30. The van der Waals surface area contributed by atoms with Crippen molar-refractivity contribution >= 4 is 5.91 Å². The molecule has 8 heteroatoms. The maximum atomic E-state index is 12.6. The number of carbonyl (C=O) groups excluding carboxylic acids is 1. The largest absolute Gasteiger partial charge is 0.434 e. The molecule has 0 aromatic carbocycles. The Kier molecular flexibility index (Phi) is 3.09. The lowest BCUT2D eigenvalue weighted by Crippen LogP contribution is -2.39. The predicted octanol–water partition coefficient (Wildman–Crippen LogP) is 0.914. The summed E-state index contributed by atoms with van der Waals surface area (Å²) in [5, 5.41) is 6.15. The second-order valence-electron chi connectivity index (χ2n) is 5.98. The highest BCUT2D eigenvalue weighted by molar-refractivity contribution is 5.92. The van der Waals surface area contributed by atoms with Crippen LogP contribution >= 0.6 is 0 Å². The molecule has 0 radical (unpaired) electrons. The first-order valence-electron chi connectivity index (χ1n) is 7.59. The molecule has 0 bridgehead atoms. The number of hydrogen-bond acceptors (Lipinski definition) is 5. The molecular weight excluding hydrogens is 286 g/mol. The van der Waals surface area contributed by atoms with Crippen molar-refractivity contribution < 1.29 is 9.21 Å². The Bertz CT molecular complexity index is 741. The van der Waals surface area contributed by atoms with Gasteiger partial charge in [0, 0.05) is 25.3 Å². The zero-order valence-corrected chi connectivity index (χ0v) is 12.1. The van der Waals surface area contributed by atoms with Crippen molar-refractivity contribution in [1.82, 2.24) is 24.6 Å². The lowest BCUT2D eigenvalue weighted by Gasteiger charge is -2.30. The van der Waals surface area contributed by atoms with Crippen molar-refractivity contribution in [2.75, 3.05) is 13.1 Å². The van der Waals surface area contributed by atoms with Crippen molar-refractivity contribution in [3.8, 4) is 0 Å². The van der Waals surface area contributed by atoms with Crippen molar-refractivity contribution in [2.24, 2.45) is 0 Å². The molecule has 2 aliphatic rings. The fourth-order valence-corrected chi connectivity index (χ4v) is 2.96. The molecule has 116 valence electrons. The summed E-state index contributed by atoms with van der Waals surface area (Å²) in [7, 11) is 0. The van der Waals surface area contributed by atoms with Crippen molar-refractivity contribution in [2.45, 2.75) is 37.6 Å². The van der Waals surface area contributed by atoms with Crippen molar-refractivity contribution in [3.05, 3.63) is 34.7 Å². The number of aromatic nitrogens is 4. The molecular formula is C14H17N5O3. The lowest BCUT2D eigenvalue weighted by atomic mass is 9.98. The van der Waals surface area contributed by atoms with Gasteiger partial charge in [0.2, 0.25) is 5.89 Å². The third kappa shape index (κ3) is 2.44. The topological polar surface area (TPSA) is 97.0 Å². The zero-order valence-electron chi connectivity index (χ0n) is 12.1. The summed E-state index contributed by atoms with van der Waals surface area (Å²) in [6.45, 7) is 1.20. The number of imidazole rings is 1. The fraction of sp³-hybridized carbons (Fsp3) is 0.571. The van der Waals surface area contributed by atoms with E-state index in [2.05, 4.69) is 15.2 Å². The molecule has 4 rings (SSSR count). The average Bonchev–Trinajstić information content (AvgIpc) is 3.10. The van der Waals surface area contributed by atoms with Gasteiger partial charge in [-0.15, -0.1) is 5.10 Å². The summed E-state index contributed by atoms with van der Waals surface area (Å²) >= 11 is 0. The highest BCUT2D eigenvalue weighted by atomic mass is 16.4. The molecule has 1 unspecified atom stereocenters. The highest BCUT2D eigenvalue weighted by Gasteiger charge is 2.30. The molecule has 2 aromatic heterocycles. The van der Waals surface area contributed by atoms with E-state index in [0.717, 1.165) is 25.7 Å². The van der Waals surface area contributed by atoms with E-state index in [1.165, 1.54) is 0 Å². The maximum absolute atomic E-state index is 12.6. The van der Waals surface area contributed by atoms with Gasteiger partial charge in [-0.2, -0.15) is 0 Å². The minimum atomic E-state index is -0.554. The number of likely N-dealkylation sites (tertiary alicyclic amines) is 1. The molecule has 1 aliphatic carbocycles. The number of hydrogen-bond donors (Lipinski definition) is 1. The van der Waals surface area contributed by atoms with Crippen LogP contribution in [0.1, 0.15) is 54.0 Å². The number of carbonyl (C=O) groups is 1. The van der Waals surface area contributed by atoms with Crippen LogP contribution in [0.5, 0.6) is 0 Å². The molecule has 1 amide bonds. The number of nitrogens with one attached hydrogen (secondary N) is 1. The van der Waals surface area contributed by atoms with Crippen LogP contribution in [0, 0.1) is 0 Å². The summed E-state index contributed by atoms with van der Waals surface area (Å²) in [6.07, 6.45) is 7.60. The molecule has 0 spiro atoms. The molecule has 22 heavy (non-hydrogen) atoms. The molecule has 2 aromatic rings. The van der Waals surface area contributed by atoms with Gasteiger partial charge in [-0.05, 0) is 25.7 Å². The number of H-pyrrole nitrogens is 1. The minimum absolute atomic E-state index is 0.0397. The summed E-state index contributed by atoms with van der Waals surface area (Å²) in [6, 6.07) is 0.515. The van der Waals surface area contributed by atoms with E-state index in [4.69, 9.17) is 4.42 Å². The maximum Gasteiger partial charge on any atom is 0.434 e. The number of amides is 1. The second-order valence-corrected chi connectivity index (χ2v) is 5.98. The van der Waals surface area contributed by atoms with Crippen LogP contribution in [-0.4, -0.2) is 43.6 Å². The van der Waals surface area contributed by atoms with E-state index in [9.17, 15) is 9.59 Å². The Morgan fingerprint density at radius 3 is 2.95 bits per heavy atom. The van der Waals surface area contributed by atoms with Gasteiger partial charge in [0.25, 0.3) is 5.91 Å². The van der Waals surface area contributed by atoms with E-state index in [1.54, 1.807) is 11.2 Å². The van der Waals surface area contributed by atoms with Crippen LogP contribution in [0.25, 0.3) is 0 Å². The molecule has 8 nitrogen and oxygen atoms in total. The molecule has 1 atom stereocenters. The number of rotatable bonds is 3. The van der Waals surface area contributed by atoms with E-state index in [0.29, 0.717) is 30.7 Å². The van der Waals surface area contributed by atoms with E-state index >= 15 is 0 Å². The van der Waals surface area contributed by atoms with Crippen LogP contribution in [0.3, 0.4) is 0 Å². The van der Waals surface area contributed by atoms with Gasteiger partial charge in [0.05, 0.1) is 12.2 Å². The van der Waals surface area contributed by atoms with E-state index in [-0.39, 0.29) is 11.8 Å². The smallest absolute Gasteiger partial charge is 0.392 e. The Balaban J connectivity index is 1.48. The Morgan fingerprint density at radius 1 is 1.36 bits per heavy atom. The van der Waals surface area contributed by atoms with Crippen LogP contribution in [0.4, 0.5) is 0 Å². The standard InChI is InChI=1S/C14H17N5O3/c20-13(11-7-19(8-15-11)10-3-4-10)18-5-1-2-9(6-18)12-16-17-14(21)22-12/h7-10H,1-6H2,(H,17,21). The first-order chi connectivity index (χ1) is 10.7. The van der Waals surface area contributed by atoms with E-state index < -0.39 is 5.76 Å². The quantitative estimate of drug-likeness (QED) is 0.909. The van der Waals surface area contributed by atoms with Gasteiger partial charge < -0.3 is 13.9 Å². The summed E-state index contributed by atoms with van der Waals surface area (Å²) < 4.78 is 7.04. The highest BCUT2D eigenvalue weighted by Crippen LogP contribution is 2.34. The second kappa shape index (κ2) is 5.11. The monoisotopic (exact) mass is 303 g/mol. The summed E-state index contributed by atoms with van der Waals surface area (Å²) in [5.74, 6) is -0.281. The number of piperidine rings is 1. The SMILES string of the molecule is O=C(c1cn(C2CC2)cn1)N1CCCC(c2n[nH]c(=O)o2)C1. The van der Waals surface area contributed by atoms with Gasteiger partial charge in [0.15, 0.2) is 0 Å². The number of aromatic amines is 1. The Morgan fingerprint density at radius 2 is 2.23 bits per heavy atom. The van der Waals surface area contributed by atoms with Crippen LogP contribution in [0.15, 0.2) is 21.7 Å². The minimum Gasteiger partial charge on any atom is -0.392 e. The van der Waals surface area contributed by atoms with Crippen LogP contribution in [0.2, 0.25) is 0 Å². The first kappa shape index (κ1) is 13.3. The van der Waals surface area contributed by atoms with Crippen LogP contribution < -0.4 is 5.76 Å². The van der Waals surface area contributed by atoms with Crippen molar-refractivity contribution in [3.63, 3.8) is 0 Å². The first-order valence-corrected chi connectivity index (χ1v) is 7.59. The zero-order chi connectivity index (χ0) is 15.1. The third-order valence-electron chi connectivity index (χ3n) is 4.30. The Labute approximate surface area is 126 Å². The fourth-order valence-electron chi connectivity index (χ4n) is 2.96. The van der Waals surface area contributed by atoms with Crippen molar-refractivity contribution in [1.29, 1.82) is 0 Å². The Hall–Kier alpha value is -2.38. The number of nitrogens with zero attached hydrogens (tertiary/aromatic N) is 4. The van der Waals surface area contributed by atoms with E-state index in [1.807, 2.05) is 10.8 Å². The summed E-state index contributed by atoms with van der Waals surface area (Å²) in [4.78, 5) is 29.6.